The van der Waals surface area contributed by atoms with E-state index < -0.39 is 8.60 Å². The number of ether oxygens (including phenoxy) is 1. The number of rotatable bonds is 3. The molecule has 0 N–H and O–H groups in total. The summed E-state index contributed by atoms with van der Waals surface area (Å²) in [6.07, 6.45) is 0. The van der Waals surface area contributed by atoms with Crippen LogP contribution in [0.4, 0.5) is 0 Å². The van der Waals surface area contributed by atoms with Gasteiger partial charge in [0.2, 0.25) is 0 Å². The summed E-state index contributed by atoms with van der Waals surface area (Å²) in [5, 5.41) is 0. The largest absolute Gasteiger partial charge is 0.530 e. The van der Waals surface area contributed by atoms with Crippen molar-refractivity contribution in [1.82, 2.24) is 0 Å². The number of hydrogen-bond donors (Lipinski definition) is 0. The lowest BCUT2D eigenvalue weighted by Crippen LogP contribution is -2.19. The predicted molar refractivity (Wildman–Crippen MR) is 124 cm³/mol. The summed E-state index contributed by atoms with van der Waals surface area (Å²) in [4.78, 5) is 0. The third-order valence-electron chi connectivity index (χ3n) is 5.24. The third-order valence-corrected chi connectivity index (χ3v) is 6.26. The third kappa shape index (κ3) is 4.70. The van der Waals surface area contributed by atoms with Crippen molar-refractivity contribution >= 4 is 8.60 Å². The highest BCUT2D eigenvalue weighted by molar-refractivity contribution is 7.43. The molecule has 1 unspecified atom stereocenters. The van der Waals surface area contributed by atoms with E-state index in [0.29, 0.717) is 0 Å². The van der Waals surface area contributed by atoms with Crippen LogP contribution in [0.5, 0.6) is 23.0 Å². The molecule has 5 heteroatoms. The Kier molecular flexibility index (Phi) is 5.79. The van der Waals surface area contributed by atoms with Crippen LogP contribution in [-0.2, 0) is 16.2 Å². The standard InChI is InChI=1S/C25H35O4P/c1-23(2,3)16-11-12-20-21(13-16)28-30(27-20)29-22-18(24(4,5)6)14-17(26-10)15-19(22)25(7,8)9/h11-15H,1-10H3. The van der Waals surface area contributed by atoms with Gasteiger partial charge < -0.3 is 18.3 Å². The van der Waals surface area contributed by atoms with E-state index in [1.165, 1.54) is 5.56 Å². The smallest absolute Gasteiger partial charge is 0.497 e. The molecule has 0 saturated carbocycles. The topological polar surface area (TPSA) is 36.9 Å². The lowest BCUT2D eigenvalue weighted by molar-refractivity contribution is 0.396. The molecular weight excluding hydrogens is 395 g/mol. The van der Waals surface area contributed by atoms with Crippen molar-refractivity contribution in [1.29, 1.82) is 0 Å². The van der Waals surface area contributed by atoms with Crippen LogP contribution in [0.3, 0.4) is 0 Å². The van der Waals surface area contributed by atoms with Gasteiger partial charge in [-0.25, -0.2) is 0 Å². The van der Waals surface area contributed by atoms with Gasteiger partial charge in [-0.05, 0) is 46.1 Å². The highest BCUT2D eigenvalue weighted by Gasteiger charge is 2.36. The van der Waals surface area contributed by atoms with Crippen molar-refractivity contribution < 1.29 is 18.3 Å². The Morgan fingerprint density at radius 3 is 1.70 bits per heavy atom. The Labute approximate surface area is 182 Å². The van der Waals surface area contributed by atoms with E-state index >= 15 is 0 Å². The van der Waals surface area contributed by atoms with Crippen molar-refractivity contribution in [2.45, 2.75) is 78.6 Å². The predicted octanol–water partition coefficient (Wildman–Crippen LogP) is 7.66. The molecular formula is C25H35O4P. The van der Waals surface area contributed by atoms with Gasteiger partial charge >= 0.3 is 8.60 Å². The molecule has 4 nitrogen and oxygen atoms in total. The molecule has 3 rings (SSSR count). The average Bonchev–Trinajstić information content (AvgIpc) is 3.00. The zero-order chi connectivity index (χ0) is 22.5. The second-order valence-corrected chi connectivity index (χ2v) is 12.0. The van der Waals surface area contributed by atoms with Gasteiger partial charge in [0.1, 0.15) is 11.5 Å². The molecule has 1 aliphatic heterocycles. The van der Waals surface area contributed by atoms with Gasteiger partial charge in [-0.2, -0.15) is 0 Å². The normalized spacial score (nSPS) is 16.5. The number of fused-ring (bicyclic) bond motifs is 1. The van der Waals surface area contributed by atoms with Crippen LogP contribution in [0.25, 0.3) is 0 Å². The molecule has 0 saturated heterocycles. The summed E-state index contributed by atoms with van der Waals surface area (Å²) in [6, 6.07) is 10.2. The maximum absolute atomic E-state index is 6.46. The van der Waals surface area contributed by atoms with Gasteiger partial charge in [-0.3, -0.25) is 0 Å². The molecule has 164 valence electrons. The molecule has 30 heavy (non-hydrogen) atoms. The first-order valence-electron chi connectivity index (χ1n) is 10.4. The molecule has 2 aromatic rings. The Morgan fingerprint density at radius 1 is 0.700 bits per heavy atom. The number of methoxy groups -OCH3 is 1. The number of benzene rings is 2. The molecule has 0 fully saturated rings. The van der Waals surface area contributed by atoms with Crippen molar-refractivity contribution in [2.75, 3.05) is 7.11 Å². The van der Waals surface area contributed by atoms with E-state index in [2.05, 4.69) is 86.6 Å². The van der Waals surface area contributed by atoms with E-state index in [0.717, 1.165) is 34.1 Å². The highest BCUT2D eigenvalue weighted by atomic mass is 31.2. The summed E-state index contributed by atoms with van der Waals surface area (Å²) in [6.45, 7) is 19.6. The van der Waals surface area contributed by atoms with Crippen LogP contribution in [0.15, 0.2) is 30.3 Å². The van der Waals surface area contributed by atoms with Crippen LogP contribution in [0, 0.1) is 0 Å². The first kappa shape index (κ1) is 22.7. The van der Waals surface area contributed by atoms with E-state index in [1.54, 1.807) is 7.11 Å². The molecule has 0 spiro atoms. The van der Waals surface area contributed by atoms with E-state index in [1.807, 2.05) is 6.07 Å². The van der Waals surface area contributed by atoms with Crippen molar-refractivity contribution in [2.24, 2.45) is 0 Å². The zero-order valence-electron chi connectivity index (χ0n) is 20.0. The molecule has 0 amide bonds. The van der Waals surface area contributed by atoms with Crippen LogP contribution in [-0.4, -0.2) is 7.11 Å². The van der Waals surface area contributed by atoms with Crippen LogP contribution < -0.4 is 18.3 Å². The molecule has 1 atom stereocenters. The fraction of sp³-hybridized carbons (Fsp3) is 0.520. The van der Waals surface area contributed by atoms with Gasteiger partial charge in [0.15, 0.2) is 11.5 Å². The maximum Gasteiger partial charge on any atom is 0.530 e. The molecule has 0 aliphatic carbocycles. The second kappa shape index (κ2) is 7.64. The first-order chi connectivity index (χ1) is 13.7. The first-order valence-corrected chi connectivity index (χ1v) is 11.5. The minimum absolute atomic E-state index is 0.0411. The van der Waals surface area contributed by atoms with Crippen molar-refractivity contribution in [3.63, 3.8) is 0 Å². The quantitative estimate of drug-likeness (QED) is 0.468. The van der Waals surface area contributed by atoms with Gasteiger partial charge in [0.05, 0.1) is 7.11 Å². The molecule has 1 heterocycles. The Balaban J connectivity index is 2.00. The van der Waals surface area contributed by atoms with E-state index in [9.17, 15) is 0 Å². The number of hydrogen-bond acceptors (Lipinski definition) is 4. The zero-order valence-corrected chi connectivity index (χ0v) is 20.9. The molecule has 2 aromatic carbocycles. The minimum Gasteiger partial charge on any atom is -0.497 e. The lowest BCUT2D eigenvalue weighted by Gasteiger charge is -2.30. The monoisotopic (exact) mass is 430 g/mol. The summed E-state index contributed by atoms with van der Waals surface area (Å²) in [7, 11) is 0.122. The van der Waals surface area contributed by atoms with Crippen LogP contribution in [0.1, 0.15) is 79.0 Å². The fourth-order valence-corrected chi connectivity index (χ4v) is 4.42. The highest BCUT2D eigenvalue weighted by Crippen LogP contribution is 2.56. The van der Waals surface area contributed by atoms with Gasteiger partial charge in [-0.1, -0.05) is 68.4 Å². The SMILES string of the molecule is COc1cc(C(C)(C)C)c(OP2Oc3ccc(C(C)(C)C)cc3O2)c(C(C)(C)C)c1. The summed E-state index contributed by atoms with van der Waals surface area (Å²) < 4.78 is 24.2. The lowest BCUT2D eigenvalue weighted by atomic mass is 9.79. The fourth-order valence-electron chi connectivity index (χ4n) is 3.35. The minimum atomic E-state index is -1.58. The van der Waals surface area contributed by atoms with Crippen molar-refractivity contribution in [3.05, 3.63) is 47.0 Å². The molecule has 0 bridgehead atoms. The Morgan fingerprint density at radius 2 is 1.23 bits per heavy atom. The molecule has 0 aromatic heterocycles. The van der Waals surface area contributed by atoms with E-state index in [4.69, 9.17) is 18.3 Å². The summed E-state index contributed by atoms with van der Waals surface area (Å²) in [5.74, 6) is 3.14. The Hall–Kier alpha value is -1.93. The Bertz CT molecular complexity index is 895. The van der Waals surface area contributed by atoms with Gasteiger partial charge in [0.25, 0.3) is 0 Å². The molecule has 1 aliphatic rings. The van der Waals surface area contributed by atoms with Gasteiger partial charge in [-0.15, -0.1) is 0 Å². The maximum atomic E-state index is 6.46. The van der Waals surface area contributed by atoms with Crippen molar-refractivity contribution in [3.8, 4) is 23.0 Å². The molecule has 0 radical (unpaired) electrons. The van der Waals surface area contributed by atoms with Crippen LogP contribution >= 0.6 is 8.60 Å². The van der Waals surface area contributed by atoms with E-state index in [-0.39, 0.29) is 16.2 Å². The van der Waals surface area contributed by atoms with Gasteiger partial charge in [0, 0.05) is 11.1 Å². The van der Waals surface area contributed by atoms with Crippen LogP contribution in [0.2, 0.25) is 0 Å². The summed E-state index contributed by atoms with van der Waals surface area (Å²) >= 11 is 0. The second-order valence-electron chi connectivity index (χ2n) is 11.0. The summed E-state index contributed by atoms with van der Waals surface area (Å²) in [5.41, 5.74) is 3.13. The average molecular weight is 431 g/mol.